The lowest BCUT2D eigenvalue weighted by Crippen LogP contribution is -1.86. The fourth-order valence-electron chi connectivity index (χ4n) is 1.65. The standard InChI is InChI=1S/C13H9F2N/c14-13(15)11-4-3-10-2-1-9(5-6-16)7-12(10)8-11/h1-4,7-8,13H,5H2. The number of alkyl halides is 2. The molecule has 80 valence electrons. The number of nitrogens with zero attached hydrogens (tertiary/aromatic N) is 1. The molecule has 0 aromatic heterocycles. The van der Waals surface area contributed by atoms with Crippen LogP contribution >= 0.6 is 0 Å². The SMILES string of the molecule is N#CCc1ccc2ccc(C(F)F)cc2c1. The van der Waals surface area contributed by atoms with E-state index in [1.165, 1.54) is 12.1 Å². The lowest BCUT2D eigenvalue weighted by Gasteiger charge is -2.04. The normalized spacial score (nSPS) is 10.6. The summed E-state index contributed by atoms with van der Waals surface area (Å²) in [6.07, 6.45) is -2.15. The molecule has 0 unspecified atom stereocenters. The van der Waals surface area contributed by atoms with Crippen molar-refractivity contribution in [1.82, 2.24) is 0 Å². The average Bonchev–Trinajstić information content (AvgIpc) is 2.28. The zero-order valence-corrected chi connectivity index (χ0v) is 8.45. The van der Waals surface area contributed by atoms with Crippen molar-refractivity contribution in [3.8, 4) is 6.07 Å². The van der Waals surface area contributed by atoms with Crippen LogP contribution in [-0.2, 0) is 6.42 Å². The van der Waals surface area contributed by atoms with Gasteiger partial charge in [-0.25, -0.2) is 8.78 Å². The van der Waals surface area contributed by atoms with E-state index >= 15 is 0 Å². The summed E-state index contributed by atoms with van der Waals surface area (Å²) in [5, 5.41) is 10.2. The van der Waals surface area contributed by atoms with E-state index in [-0.39, 0.29) is 5.56 Å². The molecule has 16 heavy (non-hydrogen) atoms. The number of nitriles is 1. The largest absolute Gasteiger partial charge is 0.263 e. The Hall–Kier alpha value is -1.95. The molecule has 0 saturated carbocycles. The molecule has 3 heteroatoms. The Morgan fingerprint density at radius 3 is 2.50 bits per heavy atom. The van der Waals surface area contributed by atoms with Gasteiger partial charge in [-0.05, 0) is 22.4 Å². The van der Waals surface area contributed by atoms with Crippen LogP contribution < -0.4 is 0 Å². The van der Waals surface area contributed by atoms with Crippen molar-refractivity contribution in [1.29, 1.82) is 5.26 Å². The van der Waals surface area contributed by atoms with Crippen LogP contribution in [0.5, 0.6) is 0 Å². The minimum absolute atomic E-state index is 0.0154. The number of hydrogen-bond acceptors (Lipinski definition) is 1. The second kappa shape index (κ2) is 4.28. The van der Waals surface area contributed by atoms with Gasteiger partial charge in [0.15, 0.2) is 0 Å². The molecule has 0 aliphatic heterocycles. The smallest absolute Gasteiger partial charge is 0.205 e. The Labute approximate surface area is 91.9 Å². The molecule has 2 aromatic rings. The molecule has 0 fully saturated rings. The monoisotopic (exact) mass is 217 g/mol. The zero-order chi connectivity index (χ0) is 11.5. The lowest BCUT2D eigenvalue weighted by atomic mass is 10.0. The molecule has 0 saturated heterocycles. The highest BCUT2D eigenvalue weighted by Gasteiger charge is 2.07. The van der Waals surface area contributed by atoms with Crippen LogP contribution in [0, 0.1) is 11.3 Å². The van der Waals surface area contributed by atoms with E-state index in [0.717, 1.165) is 16.3 Å². The molecular formula is C13H9F2N. The van der Waals surface area contributed by atoms with Crippen molar-refractivity contribution >= 4 is 10.8 Å². The van der Waals surface area contributed by atoms with Gasteiger partial charge in [-0.3, -0.25) is 0 Å². The van der Waals surface area contributed by atoms with Crippen LogP contribution in [-0.4, -0.2) is 0 Å². The number of hydrogen-bond donors (Lipinski definition) is 0. The van der Waals surface area contributed by atoms with E-state index < -0.39 is 6.43 Å². The zero-order valence-electron chi connectivity index (χ0n) is 8.45. The van der Waals surface area contributed by atoms with Gasteiger partial charge in [0, 0.05) is 5.56 Å². The third-order valence-corrected chi connectivity index (χ3v) is 2.46. The molecule has 0 amide bonds. The molecule has 0 spiro atoms. The molecule has 0 radical (unpaired) electrons. The van der Waals surface area contributed by atoms with Gasteiger partial charge < -0.3 is 0 Å². The van der Waals surface area contributed by atoms with Crippen LogP contribution in [0.4, 0.5) is 8.78 Å². The maximum absolute atomic E-state index is 12.5. The predicted molar refractivity (Wildman–Crippen MR) is 58.2 cm³/mol. The van der Waals surface area contributed by atoms with E-state index in [9.17, 15) is 8.78 Å². The Kier molecular flexibility index (Phi) is 2.82. The molecule has 2 aromatic carbocycles. The van der Waals surface area contributed by atoms with Crippen molar-refractivity contribution in [2.75, 3.05) is 0 Å². The average molecular weight is 217 g/mol. The highest BCUT2D eigenvalue weighted by atomic mass is 19.3. The van der Waals surface area contributed by atoms with Crippen molar-refractivity contribution < 1.29 is 8.78 Å². The maximum atomic E-state index is 12.5. The molecular weight excluding hydrogens is 208 g/mol. The summed E-state index contributed by atoms with van der Waals surface area (Å²) in [6, 6.07) is 12.1. The summed E-state index contributed by atoms with van der Waals surface area (Å²) in [7, 11) is 0. The summed E-state index contributed by atoms with van der Waals surface area (Å²) in [6.45, 7) is 0. The van der Waals surface area contributed by atoms with Gasteiger partial charge in [0.2, 0.25) is 0 Å². The second-order valence-electron chi connectivity index (χ2n) is 3.58. The Balaban J connectivity index is 2.53. The van der Waals surface area contributed by atoms with Gasteiger partial charge in [0.1, 0.15) is 0 Å². The van der Waals surface area contributed by atoms with Crippen molar-refractivity contribution in [2.24, 2.45) is 0 Å². The van der Waals surface area contributed by atoms with E-state index in [1.807, 2.05) is 18.2 Å². The fourth-order valence-corrected chi connectivity index (χ4v) is 1.65. The summed E-state index contributed by atoms with van der Waals surface area (Å²) >= 11 is 0. The highest BCUT2D eigenvalue weighted by molar-refractivity contribution is 5.84. The maximum Gasteiger partial charge on any atom is 0.263 e. The molecule has 0 N–H and O–H groups in total. The van der Waals surface area contributed by atoms with Crippen LogP contribution in [0.25, 0.3) is 10.8 Å². The molecule has 0 aliphatic carbocycles. The van der Waals surface area contributed by atoms with Gasteiger partial charge in [-0.15, -0.1) is 0 Å². The van der Waals surface area contributed by atoms with Crippen LogP contribution in [0.1, 0.15) is 17.6 Å². The number of fused-ring (bicyclic) bond motifs is 1. The predicted octanol–water partition coefficient (Wildman–Crippen LogP) is 3.84. The van der Waals surface area contributed by atoms with Gasteiger partial charge in [0.05, 0.1) is 12.5 Å². The molecule has 0 aliphatic rings. The molecule has 0 bridgehead atoms. The van der Waals surface area contributed by atoms with Crippen molar-refractivity contribution in [3.63, 3.8) is 0 Å². The molecule has 2 rings (SSSR count). The Morgan fingerprint density at radius 1 is 1.06 bits per heavy atom. The van der Waals surface area contributed by atoms with Crippen LogP contribution in [0.15, 0.2) is 36.4 Å². The van der Waals surface area contributed by atoms with Gasteiger partial charge in [0.25, 0.3) is 6.43 Å². The van der Waals surface area contributed by atoms with Crippen molar-refractivity contribution in [3.05, 3.63) is 47.5 Å². The van der Waals surface area contributed by atoms with Gasteiger partial charge >= 0.3 is 0 Å². The molecule has 1 nitrogen and oxygen atoms in total. The molecule has 0 atom stereocenters. The number of halogens is 2. The third kappa shape index (κ3) is 2.01. The number of benzene rings is 2. The fraction of sp³-hybridized carbons (Fsp3) is 0.154. The van der Waals surface area contributed by atoms with Gasteiger partial charge in [-0.2, -0.15) is 5.26 Å². The van der Waals surface area contributed by atoms with E-state index in [4.69, 9.17) is 5.26 Å². The minimum atomic E-state index is -2.45. The quantitative estimate of drug-likeness (QED) is 0.749. The minimum Gasteiger partial charge on any atom is -0.205 e. The molecule has 0 heterocycles. The van der Waals surface area contributed by atoms with E-state index in [0.29, 0.717) is 6.42 Å². The van der Waals surface area contributed by atoms with Crippen LogP contribution in [0.2, 0.25) is 0 Å². The first-order chi connectivity index (χ1) is 7.70. The lowest BCUT2D eigenvalue weighted by molar-refractivity contribution is 0.151. The highest BCUT2D eigenvalue weighted by Crippen LogP contribution is 2.24. The topological polar surface area (TPSA) is 23.8 Å². The summed E-state index contributed by atoms with van der Waals surface area (Å²) < 4.78 is 25.0. The third-order valence-electron chi connectivity index (χ3n) is 2.46. The van der Waals surface area contributed by atoms with Crippen LogP contribution in [0.3, 0.4) is 0 Å². The summed E-state index contributed by atoms with van der Waals surface area (Å²) in [5.74, 6) is 0. The van der Waals surface area contributed by atoms with Crippen molar-refractivity contribution in [2.45, 2.75) is 12.8 Å². The first-order valence-electron chi connectivity index (χ1n) is 4.88. The summed E-state index contributed by atoms with van der Waals surface area (Å²) in [5.41, 5.74) is 0.864. The summed E-state index contributed by atoms with van der Waals surface area (Å²) in [4.78, 5) is 0. The number of rotatable bonds is 2. The second-order valence-corrected chi connectivity index (χ2v) is 3.58. The van der Waals surface area contributed by atoms with E-state index in [2.05, 4.69) is 0 Å². The first-order valence-corrected chi connectivity index (χ1v) is 4.88. The Bertz CT molecular complexity index is 555. The van der Waals surface area contributed by atoms with E-state index in [1.54, 1.807) is 12.1 Å². The van der Waals surface area contributed by atoms with Gasteiger partial charge in [-0.1, -0.05) is 30.3 Å². The Morgan fingerprint density at radius 2 is 1.81 bits per heavy atom. The first kappa shape index (κ1) is 10.6.